The summed E-state index contributed by atoms with van der Waals surface area (Å²) in [6.07, 6.45) is 2.49. The molecule has 0 aliphatic carbocycles. The molecule has 5 heteroatoms. The standard InChI is InChI=1S/C16H20N2O3/c1-11(2)7-8-21-13-5-3-12(4-6-13)9-14-16(20)17-10-15(19)18-14/h3-7,14H,8-10H2,1-2H3,(H,17,20)(H,18,19)/t14-/m1/s1. The van der Waals surface area contributed by atoms with E-state index in [1.54, 1.807) is 0 Å². The van der Waals surface area contributed by atoms with E-state index in [-0.39, 0.29) is 18.4 Å². The second-order valence-corrected chi connectivity index (χ2v) is 5.28. The Morgan fingerprint density at radius 2 is 2.00 bits per heavy atom. The molecule has 0 spiro atoms. The average molecular weight is 288 g/mol. The molecule has 112 valence electrons. The Balaban J connectivity index is 1.91. The van der Waals surface area contributed by atoms with Crippen molar-refractivity contribution >= 4 is 11.8 Å². The van der Waals surface area contributed by atoms with Gasteiger partial charge < -0.3 is 15.4 Å². The number of carbonyl (C=O) groups is 2. The van der Waals surface area contributed by atoms with Gasteiger partial charge in [0.1, 0.15) is 18.4 Å². The van der Waals surface area contributed by atoms with E-state index in [4.69, 9.17) is 4.74 Å². The zero-order chi connectivity index (χ0) is 15.2. The van der Waals surface area contributed by atoms with Gasteiger partial charge >= 0.3 is 0 Å². The van der Waals surface area contributed by atoms with Crippen LogP contribution in [0.5, 0.6) is 5.75 Å². The van der Waals surface area contributed by atoms with Crippen molar-refractivity contribution in [3.05, 3.63) is 41.5 Å². The first-order chi connectivity index (χ1) is 10.0. The van der Waals surface area contributed by atoms with Gasteiger partial charge in [0, 0.05) is 6.42 Å². The normalized spacial score (nSPS) is 17.7. The molecular weight excluding hydrogens is 268 g/mol. The third-order valence-electron chi connectivity index (χ3n) is 3.18. The highest BCUT2D eigenvalue weighted by Gasteiger charge is 2.25. The number of ether oxygens (including phenoxy) is 1. The highest BCUT2D eigenvalue weighted by atomic mass is 16.5. The number of benzene rings is 1. The van der Waals surface area contributed by atoms with Gasteiger partial charge in [-0.1, -0.05) is 17.7 Å². The van der Waals surface area contributed by atoms with E-state index >= 15 is 0 Å². The fraction of sp³-hybridized carbons (Fsp3) is 0.375. The number of allylic oxidation sites excluding steroid dienone is 1. The molecule has 0 saturated carbocycles. The van der Waals surface area contributed by atoms with Gasteiger partial charge in [0.2, 0.25) is 11.8 Å². The molecular formula is C16H20N2O3. The lowest BCUT2D eigenvalue weighted by Crippen LogP contribution is -2.56. The van der Waals surface area contributed by atoms with Crippen molar-refractivity contribution in [3.8, 4) is 5.75 Å². The fourth-order valence-corrected chi connectivity index (χ4v) is 2.01. The summed E-state index contributed by atoms with van der Waals surface area (Å²) >= 11 is 0. The molecule has 2 rings (SSSR count). The van der Waals surface area contributed by atoms with Gasteiger partial charge in [0.25, 0.3) is 0 Å². The maximum atomic E-state index is 11.7. The second-order valence-electron chi connectivity index (χ2n) is 5.28. The van der Waals surface area contributed by atoms with Crippen molar-refractivity contribution in [2.24, 2.45) is 0 Å². The number of amides is 2. The van der Waals surface area contributed by atoms with Crippen LogP contribution in [0.25, 0.3) is 0 Å². The largest absolute Gasteiger partial charge is 0.490 e. The number of carbonyl (C=O) groups excluding carboxylic acids is 2. The first-order valence-electron chi connectivity index (χ1n) is 6.97. The maximum Gasteiger partial charge on any atom is 0.243 e. The molecule has 1 aromatic rings. The maximum absolute atomic E-state index is 11.7. The summed E-state index contributed by atoms with van der Waals surface area (Å²) in [6.45, 7) is 4.65. The van der Waals surface area contributed by atoms with Crippen LogP contribution in [0.4, 0.5) is 0 Å². The van der Waals surface area contributed by atoms with Crippen LogP contribution < -0.4 is 15.4 Å². The summed E-state index contributed by atoms with van der Waals surface area (Å²) in [4.78, 5) is 22.9. The Morgan fingerprint density at radius 1 is 1.29 bits per heavy atom. The highest BCUT2D eigenvalue weighted by molar-refractivity contribution is 5.94. The molecule has 1 fully saturated rings. The van der Waals surface area contributed by atoms with Crippen LogP contribution in [-0.4, -0.2) is 31.0 Å². The number of hydrogen-bond donors (Lipinski definition) is 2. The first-order valence-corrected chi connectivity index (χ1v) is 6.97. The number of nitrogens with one attached hydrogen (secondary N) is 2. The van der Waals surface area contributed by atoms with Gasteiger partial charge in [-0.25, -0.2) is 0 Å². The number of rotatable bonds is 5. The number of piperazine rings is 1. The summed E-state index contributed by atoms with van der Waals surface area (Å²) in [5, 5.41) is 5.26. The molecule has 1 saturated heterocycles. The molecule has 2 N–H and O–H groups in total. The zero-order valence-electron chi connectivity index (χ0n) is 12.3. The van der Waals surface area contributed by atoms with Crippen molar-refractivity contribution < 1.29 is 14.3 Å². The minimum absolute atomic E-state index is 0.0620. The van der Waals surface area contributed by atoms with Gasteiger partial charge in [-0.05, 0) is 37.6 Å². The van der Waals surface area contributed by atoms with Crippen molar-refractivity contribution in [1.82, 2.24) is 10.6 Å². The van der Waals surface area contributed by atoms with Gasteiger partial charge in [-0.2, -0.15) is 0 Å². The van der Waals surface area contributed by atoms with Crippen molar-refractivity contribution in [2.45, 2.75) is 26.3 Å². The molecule has 0 unspecified atom stereocenters. The highest BCUT2D eigenvalue weighted by Crippen LogP contribution is 2.14. The molecule has 5 nitrogen and oxygen atoms in total. The predicted molar refractivity (Wildman–Crippen MR) is 80.0 cm³/mol. The third kappa shape index (κ3) is 4.63. The van der Waals surface area contributed by atoms with E-state index in [0.717, 1.165) is 11.3 Å². The summed E-state index contributed by atoms with van der Waals surface area (Å²) in [7, 11) is 0. The van der Waals surface area contributed by atoms with Crippen LogP contribution in [0.1, 0.15) is 19.4 Å². The molecule has 1 heterocycles. The quantitative estimate of drug-likeness (QED) is 0.800. The molecule has 1 atom stereocenters. The fourth-order valence-electron chi connectivity index (χ4n) is 2.01. The monoisotopic (exact) mass is 288 g/mol. The lowest BCUT2D eigenvalue weighted by Gasteiger charge is -2.23. The van der Waals surface area contributed by atoms with E-state index in [9.17, 15) is 9.59 Å². The van der Waals surface area contributed by atoms with Crippen LogP contribution in [-0.2, 0) is 16.0 Å². The molecule has 1 aliphatic heterocycles. The van der Waals surface area contributed by atoms with Crippen LogP contribution in [0.15, 0.2) is 35.9 Å². The molecule has 0 radical (unpaired) electrons. The van der Waals surface area contributed by atoms with E-state index in [2.05, 4.69) is 10.6 Å². The average Bonchev–Trinajstić information content (AvgIpc) is 2.44. The van der Waals surface area contributed by atoms with E-state index < -0.39 is 6.04 Å². The molecule has 1 aliphatic rings. The molecule has 0 aromatic heterocycles. The molecule has 1 aromatic carbocycles. The smallest absolute Gasteiger partial charge is 0.243 e. The van der Waals surface area contributed by atoms with Crippen molar-refractivity contribution in [2.75, 3.05) is 13.2 Å². The van der Waals surface area contributed by atoms with Crippen LogP contribution in [0, 0.1) is 0 Å². The van der Waals surface area contributed by atoms with Crippen molar-refractivity contribution in [1.29, 1.82) is 0 Å². The predicted octanol–water partition coefficient (Wildman–Crippen LogP) is 1.19. The molecule has 21 heavy (non-hydrogen) atoms. The van der Waals surface area contributed by atoms with E-state index in [0.29, 0.717) is 13.0 Å². The summed E-state index contributed by atoms with van der Waals surface area (Å²) < 4.78 is 5.57. The Hall–Kier alpha value is -2.30. The molecule has 0 bridgehead atoms. The Labute approximate surface area is 124 Å². The third-order valence-corrected chi connectivity index (χ3v) is 3.18. The van der Waals surface area contributed by atoms with E-state index in [1.165, 1.54) is 5.57 Å². The van der Waals surface area contributed by atoms with Crippen LogP contribution in [0.2, 0.25) is 0 Å². The topological polar surface area (TPSA) is 67.4 Å². The van der Waals surface area contributed by atoms with Crippen molar-refractivity contribution in [3.63, 3.8) is 0 Å². The Kier molecular flexibility index (Phi) is 4.98. The Bertz CT molecular complexity index is 545. The SMILES string of the molecule is CC(C)=CCOc1ccc(C[C@H]2NC(=O)CNC2=O)cc1. The Morgan fingerprint density at radius 3 is 2.67 bits per heavy atom. The van der Waals surface area contributed by atoms with Crippen LogP contribution >= 0.6 is 0 Å². The minimum Gasteiger partial charge on any atom is -0.490 e. The van der Waals surface area contributed by atoms with Gasteiger partial charge in [0.05, 0.1) is 6.54 Å². The summed E-state index contributed by atoms with van der Waals surface area (Å²) in [5.41, 5.74) is 2.19. The zero-order valence-corrected chi connectivity index (χ0v) is 12.3. The summed E-state index contributed by atoms with van der Waals surface area (Å²) in [6, 6.07) is 7.06. The van der Waals surface area contributed by atoms with Gasteiger partial charge in [-0.15, -0.1) is 0 Å². The lowest BCUT2D eigenvalue weighted by molar-refractivity contribution is -0.133. The van der Waals surface area contributed by atoms with Gasteiger partial charge in [0.15, 0.2) is 0 Å². The minimum atomic E-state index is -0.497. The first kappa shape index (κ1) is 15.1. The van der Waals surface area contributed by atoms with Crippen LogP contribution in [0.3, 0.4) is 0 Å². The summed E-state index contributed by atoms with van der Waals surface area (Å²) in [5.74, 6) is 0.494. The lowest BCUT2D eigenvalue weighted by atomic mass is 10.0. The number of hydrogen-bond acceptors (Lipinski definition) is 3. The second kappa shape index (κ2) is 6.92. The molecule has 2 amide bonds. The van der Waals surface area contributed by atoms with E-state index in [1.807, 2.05) is 44.2 Å². The van der Waals surface area contributed by atoms with Gasteiger partial charge in [-0.3, -0.25) is 9.59 Å².